The van der Waals surface area contributed by atoms with E-state index in [2.05, 4.69) is 20.8 Å². The number of benzene rings is 1. The van der Waals surface area contributed by atoms with Crippen molar-refractivity contribution in [3.8, 4) is 0 Å². The van der Waals surface area contributed by atoms with Crippen LogP contribution in [-0.2, 0) is 5.41 Å². The summed E-state index contributed by atoms with van der Waals surface area (Å²) in [4.78, 5) is 15.3. The molecule has 1 rings (SSSR count). The smallest absolute Gasteiger partial charge is 0.339 e. The molecule has 0 radical (unpaired) electrons. The Kier molecular flexibility index (Phi) is 4.13. The molecule has 0 bridgehead atoms. The summed E-state index contributed by atoms with van der Waals surface area (Å²) >= 11 is 0. The molecule has 0 spiro atoms. The third kappa shape index (κ3) is 3.19. The lowest BCUT2D eigenvalue weighted by molar-refractivity contribution is 0.0698. The van der Waals surface area contributed by atoms with Gasteiger partial charge in [0.2, 0.25) is 0 Å². The normalized spacial score (nSPS) is 11.3. The summed E-state index contributed by atoms with van der Waals surface area (Å²) < 4.78 is 0. The zero-order valence-corrected chi connectivity index (χ0v) is 12.9. The lowest BCUT2D eigenvalue weighted by Crippen LogP contribution is -2.22. The second kappa shape index (κ2) is 5.11. The summed E-state index contributed by atoms with van der Waals surface area (Å²) in [6, 6.07) is 3.94. The lowest BCUT2D eigenvalue weighted by Gasteiger charge is -2.27. The summed E-state index contributed by atoms with van der Waals surface area (Å²) in [7, 11) is 7.47. The maximum atomic E-state index is 11.6. The number of carboxylic acids is 1. The van der Waals surface area contributed by atoms with Gasteiger partial charge in [-0.15, -0.1) is 0 Å². The summed E-state index contributed by atoms with van der Waals surface area (Å²) in [6.07, 6.45) is 0. The number of hydrogen-bond donors (Lipinski definition) is 1. The zero-order chi connectivity index (χ0) is 15.0. The highest BCUT2D eigenvalue weighted by atomic mass is 16.4. The largest absolute Gasteiger partial charge is 0.478 e. The Balaban J connectivity index is 3.68. The van der Waals surface area contributed by atoms with Crippen LogP contribution in [0.2, 0.25) is 0 Å². The fraction of sp³-hybridized carbons (Fsp3) is 0.533. The molecule has 0 unspecified atom stereocenters. The fourth-order valence-corrected chi connectivity index (χ4v) is 1.97. The van der Waals surface area contributed by atoms with E-state index in [1.807, 2.05) is 50.1 Å². The molecule has 0 fully saturated rings. The first kappa shape index (κ1) is 15.3. The predicted octanol–water partition coefficient (Wildman–Crippen LogP) is 2.81. The molecule has 19 heavy (non-hydrogen) atoms. The van der Waals surface area contributed by atoms with Crippen molar-refractivity contribution in [2.24, 2.45) is 0 Å². The molecule has 0 aliphatic rings. The summed E-state index contributed by atoms with van der Waals surface area (Å²) in [5, 5.41) is 9.48. The van der Waals surface area contributed by atoms with Crippen LogP contribution in [0.5, 0.6) is 0 Å². The molecular formula is C15H24N2O2. The first-order chi connectivity index (χ1) is 8.55. The highest BCUT2D eigenvalue weighted by Gasteiger charge is 2.23. The van der Waals surface area contributed by atoms with Crippen molar-refractivity contribution in [2.45, 2.75) is 26.2 Å². The van der Waals surface area contributed by atoms with E-state index in [-0.39, 0.29) is 5.41 Å². The van der Waals surface area contributed by atoms with Crippen LogP contribution < -0.4 is 9.80 Å². The van der Waals surface area contributed by atoms with E-state index in [1.54, 1.807) is 0 Å². The lowest BCUT2D eigenvalue weighted by atomic mass is 9.85. The van der Waals surface area contributed by atoms with Crippen molar-refractivity contribution >= 4 is 17.3 Å². The second-order valence-corrected chi connectivity index (χ2v) is 6.23. The van der Waals surface area contributed by atoms with Gasteiger partial charge < -0.3 is 14.9 Å². The van der Waals surface area contributed by atoms with Crippen LogP contribution in [0.1, 0.15) is 36.7 Å². The van der Waals surface area contributed by atoms with Crippen LogP contribution in [0.25, 0.3) is 0 Å². The molecule has 0 saturated carbocycles. The van der Waals surface area contributed by atoms with E-state index in [0.717, 1.165) is 16.9 Å². The highest BCUT2D eigenvalue weighted by Crippen LogP contribution is 2.35. The second-order valence-electron chi connectivity index (χ2n) is 6.23. The standard InChI is InChI=1S/C15H24N2O2/c1-15(2,3)10-8-11(16(4)5)13(14(18)19)12(9-10)17(6)7/h8-9H,1-7H3,(H,18,19). The maximum absolute atomic E-state index is 11.6. The Labute approximate surface area is 115 Å². The quantitative estimate of drug-likeness (QED) is 0.911. The molecule has 1 aromatic rings. The Morgan fingerprint density at radius 3 is 1.58 bits per heavy atom. The fourth-order valence-electron chi connectivity index (χ4n) is 1.97. The molecule has 0 aliphatic carbocycles. The molecule has 1 N–H and O–H groups in total. The van der Waals surface area contributed by atoms with Gasteiger partial charge in [-0.25, -0.2) is 4.79 Å². The van der Waals surface area contributed by atoms with Gasteiger partial charge >= 0.3 is 5.97 Å². The Hall–Kier alpha value is -1.71. The average molecular weight is 264 g/mol. The van der Waals surface area contributed by atoms with Crippen molar-refractivity contribution in [1.82, 2.24) is 0 Å². The number of aromatic carboxylic acids is 1. The number of hydrogen-bond acceptors (Lipinski definition) is 3. The number of anilines is 2. The third-order valence-electron chi connectivity index (χ3n) is 3.14. The number of carbonyl (C=O) groups is 1. The molecule has 0 aliphatic heterocycles. The van der Waals surface area contributed by atoms with Gasteiger partial charge in [-0.1, -0.05) is 20.8 Å². The van der Waals surface area contributed by atoms with Gasteiger partial charge in [-0.2, -0.15) is 0 Å². The number of carboxylic acid groups (broad SMARTS) is 1. The monoisotopic (exact) mass is 264 g/mol. The van der Waals surface area contributed by atoms with Gasteiger partial charge in [0.25, 0.3) is 0 Å². The van der Waals surface area contributed by atoms with Gasteiger partial charge in [0.15, 0.2) is 0 Å². The van der Waals surface area contributed by atoms with Gasteiger partial charge in [0.05, 0.1) is 11.4 Å². The third-order valence-corrected chi connectivity index (χ3v) is 3.14. The molecule has 0 amide bonds. The first-order valence-corrected chi connectivity index (χ1v) is 6.32. The van der Waals surface area contributed by atoms with Crippen LogP contribution in [0, 0.1) is 0 Å². The molecule has 106 valence electrons. The molecule has 4 heteroatoms. The van der Waals surface area contributed by atoms with E-state index < -0.39 is 5.97 Å². The van der Waals surface area contributed by atoms with Crippen molar-refractivity contribution in [3.63, 3.8) is 0 Å². The SMILES string of the molecule is CN(C)c1cc(C(C)(C)C)cc(N(C)C)c1C(=O)O. The number of nitrogens with zero attached hydrogens (tertiary/aromatic N) is 2. The highest BCUT2D eigenvalue weighted by molar-refractivity contribution is 6.01. The molecule has 4 nitrogen and oxygen atoms in total. The van der Waals surface area contributed by atoms with E-state index in [1.165, 1.54) is 0 Å². The van der Waals surface area contributed by atoms with Crippen LogP contribution >= 0.6 is 0 Å². The Morgan fingerprint density at radius 1 is 1.00 bits per heavy atom. The minimum Gasteiger partial charge on any atom is -0.478 e. The van der Waals surface area contributed by atoms with Crippen LogP contribution in [0.3, 0.4) is 0 Å². The maximum Gasteiger partial charge on any atom is 0.339 e. The summed E-state index contributed by atoms with van der Waals surface area (Å²) in [6.45, 7) is 6.38. The van der Waals surface area contributed by atoms with Gasteiger partial charge in [0.1, 0.15) is 5.56 Å². The molecule has 1 aromatic carbocycles. The first-order valence-electron chi connectivity index (χ1n) is 6.32. The Bertz CT molecular complexity index is 456. The Morgan fingerprint density at radius 2 is 1.37 bits per heavy atom. The summed E-state index contributed by atoms with van der Waals surface area (Å²) in [5.74, 6) is -0.896. The average Bonchev–Trinajstić information content (AvgIpc) is 2.25. The molecule has 0 atom stereocenters. The van der Waals surface area contributed by atoms with Crippen LogP contribution in [-0.4, -0.2) is 39.3 Å². The van der Waals surface area contributed by atoms with Crippen LogP contribution in [0.15, 0.2) is 12.1 Å². The van der Waals surface area contributed by atoms with Gasteiger partial charge in [0, 0.05) is 28.2 Å². The zero-order valence-electron chi connectivity index (χ0n) is 12.9. The van der Waals surface area contributed by atoms with Gasteiger partial charge in [-0.3, -0.25) is 0 Å². The topological polar surface area (TPSA) is 43.8 Å². The molecule has 0 heterocycles. The van der Waals surface area contributed by atoms with Crippen molar-refractivity contribution in [2.75, 3.05) is 38.0 Å². The van der Waals surface area contributed by atoms with E-state index in [0.29, 0.717) is 5.56 Å². The van der Waals surface area contributed by atoms with E-state index >= 15 is 0 Å². The summed E-state index contributed by atoms with van der Waals surface area (Å²) in [5.41, 5.74) is 2.94. The van der Waals surface area contributed by atoms with Crippen molar-refractivity contribution in [1.29, 1.82) is 0 Å². The van der Waals surface area contributed by atoms with Crippen molar-refractivity contribution in [3.05, 3.63) is 23.3 Å². The van der Waals surface area contributed by atoms with Crippen molar-refractivity contribution < 1.29 is 9.90 Å². The minimum atomic E-state index is -0.896. The molecular weight excluding hydrogens is 240 g/mol. The predicted molar refractivity (Wildman–Crippen MR) is 80.8 cm³/mol. The number of rotatable bonds is 3. The van der Waals surface area contributed by atoms with Crippen LogP contribution in [0.4, 0.5) is 11.4 Å². The molecule has 0 saturated heterocycles. The van der Waals surface area contributed by atoms with Gasteiger partial charge in [-0.05, 0) is 23.1 Å². The van der Waals surface area contributed by atoms with E-state index in [4.69, 9.17) is 0 Å². The van der Waals surface area contributed by atoms with E-state index in [9.17, 15) is 9.90 Å². The minimum absolute atomic E-state index is 0.0213. The molecule has 0 aromatic heterocycles.